The number of carboxylic acids is 1. The molecule has 3 N–H and O–H groups in total. The molecule has 0 aliphatic rings. The van der Waals surface area contributed by atoms with E-state index in [4.69, 9.17) is 10.8 Å². The van der Waals surface area contributed by atoms with Crippen molar-refractivity contribution in [1.29, 1.82) is 0 Å². The lowest BCUT2D eigenvalue weighted by Crippen LogP contribution is -2.30. The third-order valence-corrected chi connectivity index (χ3v) is 3.11. The van der Waals surface area contributed by atoms with Gasteiger partial charge in [0.05, 0.1) is 4.92 Å². The molecule has 0 radical (unpaired) electrons. The van der Waals surface area contributed by atoms with E-state index in [9.17, 15) is 14.9 Å². The first kappa shape index (κ1) is 13.5. The number of carboxylic acid groups (broad SMARTS) is 1. The van der Waals surface area contributed by atoms with Gasteiger partial charge in [0, 0.05) is 22.8 Å². The highest BCUT2D eigenvalue weighted by Crippen LogP contribution is 2.22. The number of hydrogen-bond donors (Lipinski definition) is 2. The average molecular weight is 256 g/mol. The molecule has 0 saturated carbocycles. The van der Waals surface area contributed by atoms with Gasteiger partial charge in [-0.3, -0.25) is 14.9 Å². The van der Waals surface area contributed by atoms with Crippen LogP contribution in [0.5, 0.6) is 0 Å². The largest absolute Gasteiger partial charge is 0.480 e. The van der Waals surface area contributed by atoms with E-state index in [0.29, 0.717) is 12.2 Å². The summed E-state index contributed by atoms with van der Waals surface area (Å²) in [6.45, 7) is 0. The van der Waals surface area contributed by atoms with Crippen molar-refractivity contribution in [3.63, 3.8) is 0 Å². The molecular formula is C10H12N2O4S. The summed E-state index contributed by atoms with van der Waals surface area (Å²) in [7, 11) is 0. The van der Waals surface area contributed by atoms with E-state index in [1.807, 2.05) is 0 Å². The number of benzene rings is 1. The molecule has 6 nitrogen and oxygen atoms in total. The molecule has 1 rings (SSSR count). The minimum Gasteiger partial charge on any atom is -0.480 e. The molecule has 1 aromatic carbocycles. The van der Waals surface area contributed by atoms with Gasteiger partial charge in [-0.15, -0.1) is 11.8 Å². The number of nitrogens with zero attached hydrogens (tertiary/aromatic N) is 1. The molecule has 0 heterocycles. The third-order valence-electron chi connectivity index (χ3n) is 2.06. The summed E-state index contributed by atoms with van der Waals surface area (Å²) in [4.78, 5) is 21.3. The van der Waals surface area contributed by atoms with Gasteiger partial charge in [0.1, 0.15) is 6.04 Å². The molecule has 0 bridgehead atoms. The summed E-state index contributed by atoms with van der Waals surface area (Å²) >= 11 is 1.42. The van der Waals surface area contributed by atoms with Crippen LogP contribution in [0.15, 0.2) is 29.2 Å². The quantitative estimate of drug-likeness (QED) is 0.453. The first-order valence-electron chi connectivity index (χ1n) is 4.86. The lowest BCUT2D eigenvalue weighted by Gasteiger charge is -2.05. The Morgan fingerprint density at radius 3 is 2.53 bits per heavy atom. The Labute approximate surface area is 102 Å². The lowest BCUT2D eigenvalue weighted by atomic mass is 10.2. The van der Waals surface area contributed by atoms with Crippen molar-refractivity contribution in [2.45, 2.75) is 17.4 Å². The molecule has 7 heteroatoms. The molecule has 92 valence electrons. The SMILES string of the molecule is NC(CCSc1ccc([N+](=O)[O-])cc1)C(=O)O. The first-order valence-corrected chi connectivity index (χ1v) is 5.85. The molecule has 17 heavy (non-hydrogen) atoms. The number of thioether (sulfide) groups is 1. The highest BCUT2D eigenvalue weighted by molar-refractivity contribution is 7.99. The fraction of sp³-hybridized carbons (Fsp3) is 0.300. The van der Waals surface area contributed by atoms with Gasteiger partial charge in [0.15, 0.2) is 0 Å². The molecule has 0 aromatic heterocycles. The molecular weight excluding hydrogens is 244 g/mol. The van der Waals surface area contributed by atoms with E-state index in [-0.39, 0.29) is 5.69 Å². The standard InChI is InChI=1S/C10H12N2O4S/c11-9(10(13)14)5-6-17-8-3-1-7(2-4-8)12(15)16/h1-4,9H,5-6,11H2,(H,13,14). The molecule has 0 amide bonds. The van der Waals surface area contributed by atoms with Gasteiger partial charge in [0.2, 0.25) is 0 Å². The number of non-ortho nitro benzene ring substituents is 1. The maximum absolute atomic E-state index is 10.5. The van der Waals surface area contributed by atoms with Crippen LogP contribution in [0.3, 0.4) is 0 Å². The van der Waals surface area contributed by atoms with Gasteiger partial charge in [-0.1, -0.05) is 0 Å². The summed E-state index contributed by atoms with van der Waals surface area (Å²) < 4.78 is 0. The molecule has 0 aliphatic heterocycles. The lowest BCUT2D eigenvalue weighted by molar-refractivity contribution is -0.384. The molecule has 0 fully saturated rings. The highest BCUT2D eigenvalue weighted by Gasteiger charge is 2.11. The van der Waals surface area contributed by atoms with E-state index in [1.165, 1.54) is 23.9 Å². The Kier molecular flexibility index (Phi) is 4.92. The first-order chi connectivity index (χ1) is 8.00. The Morgan fingerprint density at radius 2 is 2.06 bits per heavy atom. The van der Waals surface area contributed by atoms with Crippen LogP contribution >= 0.6 is 11.8 Å². The van der Waals surface area contributed by atoms with E-state index in [2.05, 4.69) is 0 Å². The van der Waals surface area contributed by atoms with Crippen LogP contribution in [0.1, 0.15) is 6.42 Å². The molecule has 0 saturated heterocycles. The van der Waals surface area contributed by atoms with Crippen LogP contribution < -0.4 is 5.73 Å². The van der Waals surface area contributed by atoms with E-state index >= 15 is 0 Å². The topological polar surface area (TPSA) is 106 Å². The summed E-state index contributed by atoms with van der Waals surface area (Å²) in [5.41, 5.74) is 5.38. The van der Waals surface area contributed by atoms with Crippen molar-refractivity contribution in [3.05, 3.63) is 34.4 Å². The predicted octanol–water partition coefficient (Wildman–Crippen LogP) is 1.49. The van der Waals surface area contributed by atoms with Crippen molar-refractivity contribution < 1.29 is 14.8 Å². The predicted molar refractivity (Wildman–Crippen MR) is 64.0 cm³/mol. The van der Waals surface area contributed by atoms with Gasteiger partial charge in [-0.2, -0.15) is 0 Å². The second-order valence-electron chi connectivity index (χ2n) is 3.33. The van der Waals surface area contributed by atoms with Crippen LogP contribution in [-0.4, -0.2) is 27.8 Å². The number of nitro groups is 1. The summed E-state index contributed by atoms with van der Waals surface area (Å²) in [6.07, 6.45) is 0.358. The molecule has 1 atom stereocenters. The van der Waals surface area contributed by atoms with Crippen LogP contribution in [0, 0.1) is 10.1 Å². The van der Waals surface area contributed by atoms with Crippen molar-refractivity contribution in [1.82, 2.24) is 0 Å². The van der Waals surface area contributed by atoms with E-state index < -0.39 is 16.9 Å². The fourth-order valence-electron chi connectivity index (χ4n) is 1.09. The number of nitrogens with two attached hydrogens (primary N) is 1. The van der Waals surface area contributed by atoms with Crippen molar-refractivity contribution in [3.8, 4) is 0 Å². The van der Waals surface area contributed by atoms with E-state index in [1.54, 1.807) is 12.1 Å². The molecule has 0 aliphatic carbocycles. The van der Waals surface area contributed by atoms with Gasteiger partial charge in [-0.25, -0.2) is 0 Å². The van der Waals surface area contributed by atoms with Crippen LogP contribution in [-0.2, 0) is 4.79 Å². The molecule has 1 aromatic rings. The summed E-state index contributed by atoms with van der Waals surface area (Å²) in [5, 5.41) is 19.0. The van der Waals surface area contributed by atoms with Crippen LogP contribution in [0.4, 0.5) is 5.69 Å². The van der Waals surface area contributed by atoms with Gasteiger partial charge >= 0.3 is 5.97 Å². The minimum absolute atomic E-state index is 0.0385. The second kappa shape index (κ2) is 6.21. The number of nitro benzene ring substituents is 1. The highest BCUT2D eigenvalue weighted by atomic mass is 32.2. The average Bonchev–Trinajstić information content (AvgIpc) is 2.29. The van der Waals surface area contributed by atoms with Crippen LogP contribution in [0.2, 0.25) is 0 Å². The molecule has 0 spiro atoms. The fourth-order valence-corrected chi connectivity index (χ4v) is 2.03. The van der Waals surface area contributed by atoms with Crippen molar-refractivity contribution >= 4 is 23.4 Å². The van der Waals surface area contributed by atoms with E-state index in [0.717, 1.165) is 4.90 Å². The van der Waals surface area contributed by atoms with Gasteiger partial charge < -0.3 is 10.8 Å². The Hall–Kier alpha value is -1.60. The maximum Gasteiger partial charge on any atom is 0.320 e. The number of hydrogen-bond acceptors (Lipinski definition) is 5. The second-order valence-corrected chi connectivity index (χ2v) is 4.50. The zero-order chi connectivity index (χ0) is 12.8. The zero-order valence-electron chi connectivity index (χ0n) is 8.91. The Balaban J connectivity index is 2.42. The zero-order valence-corrected chi connectivity index (χ0v) is 9.72. The minimum atomic E-state index is -1.02. The Morgan fingerprint density at radius 1 is 1.47 bits per heavy atom. The number of carbonyl (C=O) groups is 1. The molecule has 1 unspecified atom stereocenters. The summed E-state index contributed by atoms with van der Waals surface area (Å²) in [6, 6.07) is 5.24. The number of rotatable bonds is 6. The maximum atomic E-state index is 10.5. The van der Waals surface area contributed by atoms with Gasteiger partial charge in [0.25, 0.3) is 5.69 Å². The normalized spacial score (nSPS) is 12.1. The van der Waals surface area contributed by atoms with Crippen molar-refractivity contribution in [2.75, 3.05) is 5.75 Å². The van der Waals surface area contributed by atoms with Crippen LogP contribution in [0.25, 0.3) is 0 Å². The Bertz CT molecular complexity index is 407. The monoisotopic (exact) mass is 256 g/mol. The third kappa shape index (κ3) is 4.41. The summed E-state index contributed by atoms with van der Waals surface area (Å²) in [5.74, 6) is -0.458. The number of aliphatic carboxylic acids is 1. The van der Waals surface area contributed by atoms with Crippen molar-refractivity contribution in [2.24, 2.45) is 5.73 Å². The smallest absolute Gasteiger partial charge is 0.320 e. The van der Waals surface area contributed by atoms with Gasteiger partial charge in [-0.05, 0) is 18.6 Å².